The summed E-state index contributed by atoms with van der Waals surface area (Å²) in [6.45, 7) is 6.32. The number of aliphatic carboxylic acids is 1. The zero-order chi connectivity index (χ0) is 29.1. The molecule has 0 aromatic heterocycles. The van der Waals surface area contributed by atoms with Crippen molar-refractivity contribution in [2.45, 2.75) is 64.5 Å². The van der Waals surface area contributed by atoms with Gasteiger partial charge in [0.15, 0.2) is 11.0 Å². The van der Waals surface area contributed by atoms with Crippen molar-refractivity contribution < 1.29 is 19.8 Å². The van der Waals surface area contributed by atoms with E-state index < -0.39 is 17.5 Å². The van der Waals surface area contributed by atoms with Crippen molar-refractivity contribution >= 4 is 69.7 Å². The minimum atomic E-state index is -1.02. The molecule has 0 unspecified atom stereocenters. The Hall–Kier alpha value is -2.81. The zero-order valence-electron chi connectivity index (χ0n) is 22.7. The summed E-state index contributed by atoms with van der Waals surface area (Å²) in [5.41, 5.74) is 0.781. The van der Waals surface area contributed by atoms with Crippen LogP contribution in [0.15, 0.2) is 58.5 Å². The molecule has 0 saturated heterocycles. The first kappa shape index (κ1) is 30.2. The minimum Gasteiger partial charge on any atom is -0.481 e. The second-order valence-corrected chi connectivity index (χ2v) is 12.9. The summed E-state index contributed by atoms with van der Waals surface area (Å²) in [7, 11) is 0. The van der Waals surface area contributed by atoms with Gasteiger partial charge >= 0.3 is 11.9 Å². The average Bonchev–Trinajstić information content (AvgIpc) is 3.17. The van der Waals surface area contributed by atoms with Crippen LogP contribution in [0.5, 0.6) is 0 Å². The fourth-order valence-corrected chi connectivity index (χ4v) is 6.39. The van der Waals surface area contributed by atoms with Crippen LogP contribution in [0.1, 0.15) is 68.8 Å². The Morgan fingerprint density at radius 1 is 1.12 bits per heavy atom. The number of thioether (sulfide) groups is 1. The minimum absolute atomic E-state index is 0.159. The normalized spacial score (nSPS) is 18.9. The molecule has 10 heteroatoms. The van der Waals surface area contributed by atoms with Gasteiger partial charge < -0.3 is 15.1 Å². The van der Waals surface area contributed by atoms with Gasteiger partial charge in [-0.15, -0.1) is 0 Å². The monoisotopic (exact) mass is 601 g/mol. The number of nitrogens with zero attached hydrogens (tertiary/aromatic N) is 3. The van der Waals surface area contributed by atoms with Crippen LogP contribution in [-0.4, -0.2) is 50.5 Å². The first-order chi connectivity index (χ1) is 18.9. The highest BCUT2D eigenvalue weighted by Gasteiger charge is 2.50. The van der Waals surface area contributed by atoms with E-state index in [4.69, 9.17) is 33.2 Å². The van der Waals surface area contributed by atoms with Gasteiger partial charge in [0.2, 0.25) is 0 Å². The lowest BCUT2D eigenvalue weighted by Crippen LogP contribution is -2.53. The molecule has 2 aromatic carbocycles. The van der Waals surface area contributed by atoms with Crippen molar-refractivity contribution in [3.8, 4) is 0 Å². The number of carboxylic acid groups (broad SMARTS) is 2. The number of rotatable bonds is 7. The van der Waals surface area contributed by atoms with Gasteiger partial charge in [-0.1, -0.05) is 99.3 Å². The number of aromatic carboxylic acids is 1. The number of halogens is 2. The van der Waals surface area contributed by atoms with Crippen LogP contribution in [-0.2, 0) is 4.79 Å². The number of carbonyl (C=O) groups is 2. The zero-order valence-corrected chi connectivity index (χ0v) is 25.1. The van der Waals surface area contributed by atoms with Crippen molar-refractivity contribution in [3.05, 3.63) is 69.7 Å². The van der Waals surface area contributed by atoms with Crippen LogP contribution < -0.4 is 4.90 Å². The molecule has 1 saturated carbocycles. The molecule has 212 valence electrons. The maximum absolute atomic E-state index is 11.8. The molecule has 4 rings (SSSR count). The molecule has 1 aliphatic heterocycles. The molecule has 2 aromatic rings. The van der Waals surface area contributed by atoms with Crippen LogP contribution in [0.4, 0.5) is 5.69 Å². The first-order valence-corrected chi connectivity index (χ1v) is 14.9. The number of hydrogen-bond acceptors (Lipinski definition) is 5. The molecule has 40 heavy (non-hydrogen) atoms. The van der Waals surface area contributed by atoms with E-state index in [1.807, 2.05) is 29.2 Å². The van der Waals surface area contributed by atoms with Crippen molar-refractivity contribution in [1.29, 1.82) is 0 Å². The van der Waals surface area contributed by atoms with Crippen LogP contribution in [0, 0.1) is 5.41 Å². The molecular weight excluding hydrogens is 569 g/mol. The van der Waals surface area contributed by atoms with E-state index in [2.05, 4.69) is 20.8 Å². The highest BCUT2D eigenvalue weighted by molar-refractivity contribution is 8.14. The average molecular weight is 603 g/mol. The van der Waals surface area contributed by atoms with Crippen LogP contribution >= 0.6 is 35.0 Å². The lowest BCUT2D eigenvalue weighted by Gasteiger charge is -2.43. The lowest BCUT2D eigenvalue weighted by molar-refractivity contribution is -0.133. The summed E-state index contributed by atoms with van der Waals surface area (Å²) in [5, 5.41) is 20.7. The lowest BCUT2D eigenvalue weighted by atomic mass is 9.79. The SMILES string of the molecule is CC(C)(C)[C@H](/C=C\c1ccc(Cl)cc1Cl)N=C1N=C(SCC(=O)O)N(c2cccc(C(=O)O)c2)C12CCCCC2. The smallest absolute Gasteiger partial charge is 0.335 e. The molecule has 0 bridgehead atoms. The predicted molar refractivity (Wildman–Crippen MR) is 165 cm³/mol. The summed E-state index contributed by atoms with van der Waals surface area (Å²) in [6.07, 6.45) is 8.49. The van der Waals surface area contributed by atoms with E-state index in [1.54, 1.807) is 30.3 Å². The van der Waals surface area contributed by atoms with Gasteiger partial charge in [-0.25, -0.2) is 9.79 Å². The van der Waals surface area contributed by atoms with Gasteiger partial charge in [-0.2, -0.15) is 0 Å². The molecule has 1 aliphatic carbocycles. The Morgan fingerprint density at radius 2 is 1.85 bits per heavy atom. The highest BCUT2D eigenvalue weighted by atomic mass is 35.5. The number of hydrogen-bond donors (Lipinski definition) is 2. The maximum atomic E-state index is 11.8. The van der Waals surface area contributed by atoms with Gasteiger partial charge in [0.1, 0.15) is 5.54 Å². The fraction of sp³-hybridized carbons (Fsp3) is 0.400. The van der Waals surface area contributed by atoms with E-state index in [-0.39, 0.29) is 22.8 Å². The van der Waals surface area contributed by atoms with Crippen molar-refractivity contribution in [2.75, 3.05) is 10.7 Å². The Bertz CT molecular complexity index is 1380. The number of anilines is 1. The molecule has 1 spiro atoms. The molecule has 2 N–H and O–H groups in total. The summed E-state index contributed by atoms with van der Waals surface area (Å²) in [5.74, 6) is -1.50. The van der Waals surface area contributed by atoms with Gasteiger partial charge in [-0.3, -0.25) is 9.79 Å². The van der Waals surface area contributed by atoms with Crippen LogP contribution in [0.3, 0.4) is 0 Å². The van der Waals surface area contributed by atoms with Gasteiger partial charge in [0.05, 0.1) is 17.4 Å². The van der Waals surface area contributed by atoms with Crippen molar-refractivity contribution in [3.63, 3.8) is 0 Å². The third kappa shape index (κ3) is 6.73. The molecule has 1 heterocycles. The Kier molecular flexibility index (Phi) is 9.33. The Morgan fingerprint density at radius 3 is 2.48 bits per heavy atom. The molecule has 0 amide bonds. The molecule has 7 nitrogen and oxygen atoms in total. The molecule has 0 radical (unpaired) electrons. The van der Waals surface area contributed by atoms with E-state index in [0.29, 0.717) is 26.7 Å². The fourth-order valence-electron chi connectivity index (χ4n) is 5.11. The van der Waals surface area contributed by atoms with E-state index in [0.717, 1.165) is 49.4 Å². The van der Waals surface area contributed by atoms with Gasteiger partial charge in [-0.05, 0) is 54.2 Å². The van der Waals surface area contributed by atoms with E-state index >= 15 is 0 Å². The summed E-state index contributed by atoms with van der Waals surface area (Å²) >= 11 is 13.6. The van der Waals surface area contributed by atoms with Crippen molar-refractivity contribution in [1.82, 2.24) is 0 Å². The first-order valence-electron chi connectivity index (χ1n) is 13.2. The number of benzene rings is 2. The molecular formula is C30H33Cl2N3O4S. The number of amidine groups is 2. The Labute approximate surface area is 249 Å². The summed E-state index contributed by atoms with van der Waals surface area (Å²) < 4.78 is 0. The molecule has 2 aliphatic rings. The van der Waals surface area contributed by atoms with Crippen LogP contribution in [0.25, 0.3) is 6.08 Å². The third-order valence-corrected chi connectivity index (χ3v) is 8.65. The standard InChI is InChI=1S/C30H33Cl2N3O4S/c1-29(2,3)24(13-11-19-10-12-21(31)17-23(19)32)33-27-30(14-5-4-6-15-30)35(28(34-27)40-18-25(36)37)22-9-7-8-20(16-22)26(38)39/h7-13,16-17,24H,4-6,14-15,18H2,1-3H3,(H,36,37)(H,38,39)/b13-11-,33-27?/t24-/m0/s1. The second-order valence-electron chi connectivity index (χ2n) is 11.1. The topological polar surface area (TPSA) is 103 Å². The molecule has 1 fully saturated rings. The number of carboxylic acids is 2. The summed E-state index contributed by atoms with van der Waals surface area (Å²) in [4.78, 5) is 35.6. The maximum Gasteiger partial charge on any atom is 0.335 e. The van der Waals surface area contributed by atoms with Crippen LogP contribution in [0.2, 0.25) is 10.0 Å². The van der Waals surface area contributed by atoms with Crippen molar-refractivity contribution in [2.24, 2.45) is 15.4 Å². The van der Waals surface area contributed by atoms with Gasteiger partial charge in [0.25, 0.3) is 0 Å². The summed E-state index contributed by atoms with van der Waals surface area (Å²) in [6, 6.07) is 11.8. The van der Waals surface area contributed by atoms with E-state index in [9.17, 15) is 19.8 Å². The molecule has 1 atom stereocenters. The predicted octanol–water partition coefficient (Wildman–Crippen LogP) is 7.91. The highest BCUT2D eigenvalue weighted by Crippen LogP contribution is 2.45. The third-order valence-electron chi connectivity index (χ3n) is 7.16. The quantitative estimate of drug-likeness (QED) is 0.334. The Balaban J connectivity index is 1.84. The van der Waals surface area contributed by atoms with Gasteiger partial charge in [0, 0.05) is 15.7 Å². The largest absolute Gasteiger partial charge is 0.481 e. The van der Waals surface area contributed by atoms with E-state index in [1.165, 1.54) is 0 Å². The second kappa shape index (κ2) is 12.4. The number of aliphatic imine (C=N–C) groups is 2.